The number of hydrogen-bond acceptors (Lipinski definition) is 2. The highest BCUT2D eigenvalue weighted by molar-refractivity contribution is 5.94. The fraction of sp³-hybridized carbons (Fsp3) is 0.467. The number of benzene rings is 1. The van der Waals surface area contributed by atoms with E-state index in [4.69, 9.17) is 5.73 Å². The van der Waals surface area contributed by atoms with Crippen LogP contribution < -0.4 is 5.73 Å². The largest absolute Gasteiger partial charge is 0.416 e. The molecule has 114 valence electrons. The molecule has 0 spiro atoms. The Labute approximate surface area is 120 Å². The first kappa shape index (κ1) is 15.5. The van der Waals surface area contributed by atoms with Crippen LogP contribution in [0, 0.1) is 5.92 Å². The number of nitrogens with two attached hydrogens (primary N) is 1. The van der Waals surface area contributed by atoms with Crippen LogP contribution in [0.5, 0.6) is 0 Å². The van der Waals surface area contributed by atoms with Gasteiger partial charge in [0.25, 0.3) is 0 Å². The van der Waals surface area contributed by atoms with Gasteiger partial charge in [-0.1, -0.05) is 6.07 Å². The molecule has 1 aromatic carbocycles. The van der Waals surface area contributed by atoms with Crippen LogP contribution in [-0.2, 0) is 11.0 Å². The second-order valence-electron chi connectivity index (χ2n) is 5.41. The maximum Gasteiger partial charge on any atom is 0.416 e. The minimum Gasteiger partial charge on any atom is -0.366 e. The summed E-state index contributed by atoms with van der Waals surface area (Å²) in [6, 6.07) is 3.14. The molecule has 2 N–H and O–H groups in total. The molecule has 0 unspecified atom stereocenters. The van der Waals surface area contributed by atoms with Gasteiger partial charge in [0.15, 0.2) is 0 Å². The summed E-state index contributed by atoms with van der Waals surface area (Å²) in [7, 11) is 0. The van der Waals surface area contributed by atoms with Crippen LogP contribution >= 0.6 is 0 Å². The van der Waals surface area contributed by atoms with E-state index < -0.39 is 17.6 Å². The summed E-state index contributed by atoms with van der Waals surface area (Å²) in [4.78, 5) is 22.2. The van der Waals surface area contributed by atoms with Crippen LogP contribution in [0.1, 0.15) is 53.1 Å². The Bertz CT molecular complexity index is 546. The Morgan fingerprint density at radius 2 is 1.81 bits per heavy atom. The molecule has 2 rings (SSSR count). The quantitative estimate of drug-likeness (QED) is 0.871. The third-order valence-electron chi connectivity index (χ3n) is 4.05. The van der Waals surface area contributed by atoms with Crippen molar-refractivity contribution in [2.24, 2.45) is 11.7 Å². The van der Waals surface area contributed by atoms with Crippen molar-refractivity contribution in [1.29, 1.82) is 0 Å². The van der Waals surface area contributed by atoms with Gasteiger partial charge >= 0.3 is 6.18 Å². The highest BCUT2D eigenvalue weighted by Gasteiger charge is 2.33. The highest BCUT2D eigenvalue weighted by atomic mass is 19.4. The summed E-state index contributed by atoms with van der Waals surface area (Å²) in [6.45, 7) is 0. The second kappa shape index (κ2) is 5.87. The lowest BCUT2D eigenvalue weighted by Gasteiger charge is -2.27. The van der Waals surface area contributed by atoms with E-state index in [-0.39, 0.29) is 17.4 Å². The first-order valence-corrected chi connectivity index (χ1v) is 6.79. The van der Waals surface area contributed by atoms with Crippen molar-refractivity contribution in [3.63, 3.8) is 0 Å². The first-order valence-electron chi connectivity index (χ1n) is 6.79. The lowest BCUT2D eigenvalue weighted by atomic mass is 9.77. The van der Waals surface area contributed by atoms with Crippen LogP contribution in [0.15, 0.2) is 18.2 Å². The molecule has 0 heterocycles. The Hall–Kier alpha value is -1.85. The number of aldehydes is 1. The molecule has 0 bridgehead atoms. The number of amides is 1. The predicted molar refractivity (Wildman–Crippen MR) is 70.7 cm³/mol. The topological polar surface area (TPSA) is 60.2 Å². The molecule has 1 aromatic rings. The van der Waals surface area contributed by atoms with Gasteiger partial charge in [0, 0.05) is 11.5 Å². The molecule has 0 aliphatic heterocycles. The zero-order valence-electron chi connectivity index (χ0n) is 11.3. The summed E-state index contributed by atoms with van der Waals surface area (Å²) in [5, 5.41) is 0. The fourth-order valence-electron chi connectivity index (χ4n) is 2.87. The zero-order chi connectivity index (χ0) is 15.6. The predicted octanol–water partition coefficient (Wildman–Crippen LogP) is 3.28. The molecule has 1 amide bonds. The molecule has 0 saturated heterocycles. The van der Waals surface area contributed by atoms with E-state index in [1.54, 1.807) is 0 Å². The molecular formula is C15H16F3NO2. The van der Waals surface area contributed by atoms with E-state index in [2.05, 4.69) is 0 Å². The SMILES string of the molecule is NC(=O)c1cc(C(F)(F)F)ccc1[C@H]1CC[C@H](C=O)CC1. The Morgan fingerprint density at radius 3 is 2.29 bits per heavy atom. The molecule has 21 heavy (non-hydrogen) atoms. The van der Waals surface area contributed by atoms with E-state index in [0.29, 0.717) is 31.2 Å². The number of hydrogen-bond donors (Lipinski definition) is 1. The summed E-state index contributed by atoms with van der Waals surface area (Å²) in [6.07, 6.45) is -0.860. The third-order valence-corrected chi connectivity index (χ3v) is 4.05. The maximum atomic E-state index is 12.7. The summed E-state index contributed by atoms with van der Waals surface area (Å²) < 4.78 is 38.1. The minimum atomic E-state index is -4.50. The minimum absolute atomic E-state index is 0.00715. The van der Waals surface area contributed by atoms with Crippen molar-refractivity contribution in [2.75, 3.05) is 0 Å². The van der Waals surface area contributed by atoms with Crippen LogP contribution in [0.4, 0.5) is 13.2 Å². The number of carbonyl (C=O) groups excluding carboxylic acids is 2. The van der Waals surface area contributed by atoms with E-state index in [1.807, 2.05) is 0 Å². The van der Waals surface area contributed by atoms with Crippen molar-refractivity contribution in [2.45, 2.75) is 37.8 Å². The van der Waals surface area contributed by atoms with Gasteiger partial charge in [0.05, 0.1) is 5.56 Å². The molecule has 0 atom stereocenters. The first-order chi connectivity index (χ1) is 9.82. The van der Waals surface area contributed by atoms with Crippen LogP contribution in [-0.4, -0.2) is 12.2 Å². The Kier molecular flexibility index (Phi) is 4.34. The highest BCUT2D eigenvalue weighted by Crippen LogP contribution is 2.38. The van der Waals surface area contributed by atoms with Gasteiger partial charge in [-0.25, -0.2) is 0 Å². The maximum absolute atomic E-state index is 12.7. The van der Waals surface area contributed by atoms with Crippen molar-refractivity contribution in [3.8, 4) is 0 Å². The average molecular weight is 299 g/mol. The number of alkyl halides is 3. The average Bonchev–Trinajstić information content (AvgIpc) is 2.45. The second-order valence-corrected chi connectivity index (χ2v) is 5.41. The molecule has 1 fully saturated rings. The fourth-order valence-corrected chi connectivity index (χ4v) is 2.87. The van der Waals surface area contributed by atoms with E-state index in [1.165, 1.54) is 6.07 Å². The molecule has 1 saturated carbocycles. The lowest BCUT2D eigenvalue weighted by molar-refractivity contribution is -0.137. The van der Waals surface area contributed by atoms with Gasteiger partial charge in [0.1, 0.15) is 6.29 Å². The lowest BCUT2D eigenvalue weighted by Crippen LogP contribution is -2.20. The Morgan fingerprint density at radius 1 is 1.19 bits per heavy atom. The molecule has 3 nitrogen and oxygen atoms in total. The molecule has 1 aliphatic rings. The van der Waals surface area contributed by atoms with Crippen molar-refractivity contribution in [1.82, 2.24) is 0 Å². The Balaban J connectivity index is 2.31. The van der Waals surface area contributed by atoms with Gasteiger partial charge in [-0.15, -0.1) is 0 Å². The van der Waals surface area contributed by atoms with E-state index >= 15 is 0 Å². The molecule has 1 aliphatic carbocycles. The van der Waals surface area contributed by atoms with E-state index in [9.17, 15) is 22.8 Å². The number of carbonyl (C=O) groups is 2. The van der Waals surface area contributed by atoms with E-state index in [0.717, 1.165) is 18.4 Å². The normalized spacial score (nSPS) is 22.8. The molecule has 6 heteroatoms. The van der Waals surface area contributed by atoms with Crippen molar-refractivity contribution < 1.29 is 22.8 Å². The summed E-state index contributed by atoms with van der Waals surface area (Å²) in [5.74, 6) is -0.868. The zero-order valence-corrected chi connectivity index (χ0v) is 11.3. The molecule has 0 radical (unpaired) electrons. The summed E-state index contributed by atoms with van der Waals surface area (Å²) in [5.41, 5.74) is 4.84. The van der Waals surface area contributed by atoms with Crippen LogP contribution in [0.3, 0.4) is 0 Å². The smallest absolute Gasteiger partial charge is 0.366 e. The van der Waals surface area contributed by atoms with Gasteiger partial charge in [-0.05, 0) is 49.3 Å². The van der Waals surface area contributed by atoms with Crippen LogP contribution in [0.2, 0.25) is 0 Å². The van der Waals surface area contributed by atoms with Gasteiger partial charge < -0.3 is 10.5 Å². The molecular weight excluding hydrogens is 283 g/mol. The van der Waals surface area contributed by atoms with Crippen molar-refractivity contribution in [3.05, 3.63) is 34.9 Å². The number of rotatable bonds is 3. The summed E-state index contributed by atoms with van der Waals surface area (Å²) >= 11 is 0. The monoisotopic (exact) mass is 299 g/mol. The van der Waals surface area contributed by atoms with Gasteiger partial charge in [0.2, 0.25) is 5.91 Å². The molecule has 0 aromatic heterocycles. The standard InChI is InChI=1S/C15H16F3NO2/c16-15(17,18)11-5-6-12(13(7-11)14(19)21)10-3-1-9(8-20)2-4-10/h5-10H,1-4H2,(H2,19,21)/t9-,10-. The van der Waals surface area contributed by atoms with Gasteiger partial charge in [-0.2, -0.15) is 13.2 Å². The number of halogens is 3. The van der Waals surface area contributed by atoms with Crippen molar-refractivity contribution >= 4 is 12.2 Å². The number of primary amides is 1. The third kappa shape index (κ3) is 3.43. The van der Waals surface area contributed by atoms with Gasteiger partial charge in [-0.3, -0.25) is 4.79 Å². The van der Waals surface area contributed by atoms with Crippen LogP contribution in [0.25, 0.3) is 0 Å².